The van der Waals surface area contributed by atoms with Gasteiger partial charge in [-0.05, 0) is 38.3 Å². The standard InChI is InChI=1S/C12H12N2OS.C9H18N2O2/c1-9-12(16-8-14-9)11-4-2-10(3-5-11)6-13-7-15;1-9(2,10)5-8(13)11-4-3-7(12)6-11/h2-5,7-8H,6H2,1H3,(H,13,15);7,12H,3-6,10H2,1-2H3. The lowest BCUT2D eigenvalue weighted by Gasteiger charge is -2.22. The Kier molecular flexibility index (Phi) is 8.31. The molecular formula is C21H30N4O3S. The Hall–Kier alpha value is -2.29. The van der Waals surface area contributed by atoms with Crippen LogP contribution in [0.4, 0.5) is 0 Å². The first kappa shape index (κ1) is 23.0. The molecule has 2 amide bonds. The van der Waals surface area contributed by atoms with Gasteiger partial charge in [0.15, 0.2) is 0 Å². The van der Waals surface area contributed by atoms with E-state index in [0.717, 1.165) is 11.3 Å². The number of aromatic nitrogens is 1. The third-order valence-electron chi connectivity index (χ3n) is 4.47. The summed E-state index contributed by atoms with van der Waals surface area (Å²) >= 11 is 1.64. The van der Waals surface area contributed by atoms with Gasteiger partial charge in [-0.1, -0.05) is 24.3 Å². The summed E-state index contributed by atoms with van der Waals surface area (Å²) in [6.45, 7) is 7.37. The highest BCUT2D eigenvalue weighted by molar-refractivity contribution is 7.13. The molecule has 0 radical (unpaired) electrons. The topological polar surface area (TPSA) is 109 Å². The molecule has 1 unspecified atom stereocenters. The highest BCUT2D eigenvalue weighted by Gasteiger charge is 2.27. The minimum absolute atomic E-state index is 0.0454. The number of hydrogen-bond acceptors (Lipinski definition) is 6. The second-order valence-electron chi connectivity index (χ2n) is 7.91. The van der Waals surface area contributed by atoms with Crippen LogP contribution in [0.15, 0.2) is 29.8 Å². The quantitative estimate of drug-likeness (QED) is 0.623. The summed E-state index contributed by atoms with van der Waals surface area (Å²) < 4.78 is 0. The lowest BCUT2D eigenvalue weighted by atomic mass is 10.0. The van der Waals surface area contributed by atoms with Gasteiger partial charge in [-0.25, -0.2) is 4.98 Å². The van der Waals surface area contributed by atoms with Crippen LogP contribution in [0.2, 0.25) is 0 Å². The van der Waals surface area contributed by atoms with E-state index in [0.29, 0.717) is 38.9 Å². The summed E-state index contributed by atoms with van der Waals surface area (Å²) in [6, 6.07) is 8.15. The van der Waals surface area contributed by atoms with E-state index in [4.69, 9.17) is 5.73 Å². The van der Waals surface area contributed by atoms with Crippen molar-refractivity contribution in [3.8, 4) is 10.4 Å². The number of nitrogens with two attached hydrogens (primary N) is 1. The van der Waals surface area contributed by atoms with Crippen molar-refractivity contribution in [2.45, 2.75) is 51.8 Å². The maximum absolute atomic E-state index is 11.5. The number of nitrogens with zero attached hydrogens (tertiary/aromatic N) is 2. The molecule has 1 aliphatic rings. The lowest BCUT2D eigenvalue weighted by molar-refractivity contribution is -0.131. The fraction of sp³-hybridized carbons (Fsp3) is 0.476. The molecule has 1 aliphatic heterocycles. The number of amides is 2. The van der Waals surface area contributed by atoms with Gasteiger partial charge in [0.05, 0.1) is 22.2 Å². The largest absolute Gasteiger partial charge is 0.391 e. The van der Waals surface area contributed by atoms with E-state index >= 15 is 0 Å². The van der Waals surface area contributed by atoms with Crippen LogP contribution in [-0.4, -0.2) is 52.0 Å². The summed E-state index contributed by atoms with van der Waals surface area (Å²) in [7, 11) is 0. The van der Waals surface area contributed by atoms with Crippen molar-refractivity contribution >= 4 is 23.7 Å². The van der Waals surface area contributed by atoms with Crippen LogP contribution in [0.25, 0.3) is 10.4 Å². The van der Waals surface area contributed by atoms with Crippen molar-refractivity contribution in [2.75, 3.05) is 13.1 Å². The molecule has 3 rings (SSSR count). The highest BCUT2D eigenvalue weighted by atomic mass is 32.1. The molecule has 1 saturated heterocycles. The van der Waals surface area contributed by atoms with Gasteiger partial charge < -0.3 is 21.1 Å². The number of aryl methyl sites for hydroxylation is 1. The molecule has 4 N–H and O–H groups in total. The zero-order chi connectivity index (χ0) is 21.4. The molecule has 2 heterocycles. The summed E-state index contributed by atoms with van der Waals surface area (Å²) in [5.74, 6) is 0.0454. The summed E-state index contributed by atoms with van der Waals surface area (Å²) in [4.78, 5) is 28.8. The Morgan fingerprint density at radius 1 is 1.41 bits per heavy atom. The van der Waals surface area contributed by atoms with E-state index in [1.807, 2.05) is 38.4 Å². The number of aliphatic hydroxyl groups is 1. The van der Waals surface area contributed by atoms with Crippen molar-refractivity contribution < 1.29 is 14.7 Å². The lowest BCUT2D eigenvalue weighted by Crippen LogP contribution is -2.40. The molecule has 1 fully saturated rings. The molecule has 29 heavy (non-hydrogen) atoms. The Bertz CT molecular complexity index is 799. The van der Waals surface area contributed by atoms with Gasteiger partial charge in [-0.15, -0.1) is 11.3 Å². The molecule has 2 aromatic rings. The van der Waals surface area contributed by atoms with Crippen molar-refractivity contribution in [2.24, 2.45) is 5.73 Å². The third kappa shape index (κ3) is 7.56. The molecule has 0 spiro atoms. The van der Waals surface area contributed by atoms with Gasteiger partial charge >= 0.3 is 0 Å². The monoisotopic (exact) mass is 418 g/mol. The number of nitrogens with one attached hydrogen (secondary N) is 1. The number of benzene rings is 1. The predicted octanol–water partition coefficient (Wildman–Crippen LogP) is 2.07. The number of thiazole rings is 1. The molecule has 0 saturated carbocycles. The number of rotatable bonds is 6. The van der Waals surface area contributed by atoms with Crippen LogP contribution in [-0.2, 0) is 16.1 Å². The van der Waals surface area contributed by atoms with E-state index in [1.54, 1.807) is 16.2 Å². The fourth-order valence-corrected chi connectivity index (χ4v) is 3.79. The summed E-state index contributed by atoms with van der Waals surface area (Å²) in [6.07, 6.45) is 1.40. The molecule has 0 aliphatic carbocycles. The van der Waals surface area contributed by atoms with Crippen LogP contribution in [0.3, 0.4) is 0 Å². The minimum atomic E-state index is -0.454. The van der Waals surface area contributed by atoms with E-state index < -0.39 is 5.54 Å². The van der Waals surface area contributed by atoms with Crippen LogP contribution < -0.4 is 11.1 Å². The average Bonchev–Trinajstić information content (AvgIpc) is 3.28. The number of aliphatic hydroxyl groups excluding tert-OH is 1. The van der Waals surface area contributed by atoms with Crippen molar-refractivity contribution in [1.82, 2.24) is 15.2 Å². The molecule has 0 bridgehead atoms. The van der Waals surface area contributed by atoms with E-state index in [-0.39, 0.29) is 12.0 Å². The van der Waals surface area contributed by atoms with Gasteiger partial charge in [-0.3, -0.25) is 9.59 Å². The predicted molar refractivity (Wildman–Crippen MR) is 115 cm³/mol. The Morgan fingerprint density at radius 3 is 2.59 bits per heavy atom. The molecule has 1 aromatic carbocycles. The molecule has 1 atom stereocenters. The number of carbonyl (C=O) groups is 2. The second kappa shape index (κ2) is 10.5. The molecule has 158 valence electrons. The first-order chi connectivity index (χ1) is 13.7. The summed E-state index contributed by atoms with van der Waals surface area (Å²) in [5, 5.41) is 11.9. The number of likely N-dealkylation sites (tertiary alicyclic amines) is 1. The maximum Gasteiger partial charge on any atom is 0.224 e. The van der Waals surface area contributed by atoms with E-state index in [1.165, 1.54) is 10.4 Å². The molecule has 1 aromatic heterocycles. The third-order valence-corrected chi connectivity index (χ3v) is 5.45. The SMILES string of the molecule is CC(C)(N)CC(=O)N1CCC(O)C1.Cc1ncsc1-c1ccc(CNC=O)cc1. The van der Waals surface area contributed by atoms with Gasteiger partial charge in [0, 0.05) is 31.6 Å². The first-order valence-electron chi connectivity index (χ1n) is 9.61. The second-order valence-corrected chi connectivity index (χ2v) is 8.76. The Labute approximate surface area is 175 Å². The van der Waals surface area contributed by atoms with E-state index in [2.05, 4.69) is 22.4 Å². The molecule has 8 heteroatoms. The summed E-state index contributed by atoms with van der Waals surface area (Å²) in [5.41, 5.74) is 10.5. The zero-order valence-corrected chi connectivity index (χ0v) is 18.0. The fourth-order valence-electron chi connectivity index (χ4n) is 2.98. The van der Waals surface area contributed by atoms with E-state index in [9.17, 15) is 14.7 Å². The van der Waals surface area contributed by atoms with Gasteiger partial charge in [0.25, 0.3) is 0 Å². The van der Waals surface area contributed by atoms with Gasteiger partial charge in [0.2, 0.25) is 12.3 Å². The number of carbonyl (C=O) groups excluding carboxylic acids is 2. The van der Waals surface area contributed by atoms with Crippen molar-refractivity contribution in [1.29, 1.82) is 0 Å². The zero-order valence-electron chi connectivity index (χ0n) is 17.2. The maximum atomic E-state index is 11.5. The Balaban J connectivity index is 0.000000212. The average molecular weight is 419 g/mol. The minimum Gasteiger partial charge on any atom is -0.391 e. The number of β-amino-alcohol motifs (C(OH)–C–C–N with tert-alkyl or cyclic N) is 1. The van der Waals surface area contributed by atoms with Crippen LogP contribution in [0, 0.1) is 6.92 Å². The molecule has 7 nitrogen and oxygen atoms in total. The highest BCUT2D eigenvalue weighted by Crippen LogP contribution is 2.27. The van der Waals surface area contributed by atoms with Crippen LogP contribution in [0.5, 0.6) is 0 Å². The van der Waals surface area contributed by atoms with Gasteiger partial charge in [0.1, 0.15) is 0 Å². The molecular weight excluding hydrogens is 388 g/mol. The first-order valence-corrected chi connectivity index (χ1v) is 10.5. The van der Waals surface area contributed by atoms with Crippen molar-refractivity contribution in [3.05, 3.63) is 41.0 Å². The van der Waals surface area contributed by atoms with Gasteiger partial charge in [-0.2, -0.15) is 0 Å². The Morgan fingerprint density at radius 2 is 2.10 bits per heavy atom. The number of hydrogen-bond donors (Lipinski definition) is 3. The smallest absolute Gasteiger partial charge is 0.224 e. The van der Waals surface area contributed by atoms with Crippen LogP contribution in [0.1, 0.15) is 37.9 Å². The van der Waals surface area contributed by atoms with Crippen LogP contribution >= 0.6 is 11.3 Å². The van der Waals surface area contributed by atoms with Crippen molar-refractivity contribution in [3.63, 3.8) is 0 Å². The normalized spacial score (nSPS) is 16.2.